The van der Waals surface area contributed by atoms with Gasteiger partial charge in [0.05, 0.1) is 39.9 Å². The van der Waals surface area contributed by atoms with Crippen LogP contribution < -0.4 is 20.7 Å². The van der Waals surface area contributed by atoms with Gasteiger partial charge in [-0.25, -0.2) is 9.46 Å². The van der Waals surface area contributed by atoms with Crippen molar-refractivity contribution in [3.63, 3.8) is 0 Å². The Morgan fingerprint density at radius 1 is 0.912 bits per heavy atom. The van der Waals surface area contributed by atoms with E-state index < -0.39 is 43.3 Å². The Hall–Kier alpha value is -4.34. The molecule has 3 aromatic carbocycles. The second kappa shape index (κ2) is 19.4. The first-order chi connectivity index (χ1) is 27.3. The van der Waals surface area contributed by atoms with Crippen molar-refractivity contribution in [1.82, 2.24) is 14.2 Å². The molecule has 12 nitrogen and oxygen atoms in total. The lowest BCUT2D eigenvalue weighted by Gasteiger charge is -2.43. The Morgan fingerprint density at radius 3 is 1.98 bits per heavy atom. The lowest BCUT2D eigenvalue weighted by molar-refractivity contribution is -0.165. The standard InChI is InChI=1S/C44H57N4O8P/c1-30(2)27-43(29-53-44(34-14-11-10-12-15-34,35-16-20-37(51-8)21-17-35)36-18-22-38(52-9)23-19-36)39(26-40(55-43)47-28-33(7)41(49)46-42(47)50)56-57(54-25-13-24-45)48(31(3)4)32(5)6/h10-12,14-23,28,30-32,39-40H,13,25-27,29H2,1-9H3,(H,46,49,50)/t39-,40+,43+,57?/m0/s1. The van der Waals surface area contributed by atoms with Gasteiger partial charge in [-0.2, -0.15) is 5.26 Å². The highest BCUT2D eigenvalue weighted by molar-refractivity contribution is 7.44. The number of hydrogen-bond acceptors (Lipinski definition) is 10. The number of aromatic amines is 1. The van der Waals surface area contributed by atoms with Crippen molar-refractivity contribution in [1.29, 1.82) is 5.26 Å². The molecule has 0 saturated carbocycles. The molecule has 1 N–H and O–H groups in total. The van der Waals surface area contributed by atoms with Gasteiger partial charge in [-0.3, -0.25) is 14.3 Å². The number of ether oxygens (including phenoxy) is 4. The highest BCUT2D eigenvalue weighted by atomic mass is 31.2. The van der Waals surface area contributed by atoms with Crippen LogP contribution in [-0.2, 0) is 24.1 Å². The van der Waals surface area contributed by atoms with E-state index in [0.717, 1.165) is 16.7 Å². The largest absolute Gasteiger partial charge is 0.497 e. The van der Waals surface area contributed by atoms with Crippen LogP contribution >= 0.6 is 8.53 Å². The second-order valence-electron chi connectivity index (χ2n) is 15.4. The van der Waals surface area contributed by atoms with Gasteiger partial charge >= 0.3 is 5.69 Å². The van der Waals surface area contributed by atoms with E-state index in [-0.39, 0.29) is 44.1 Å². The first-order valence-corrected chi connectivity index (χ1v) is 20.6. The molecule has 57 heavy (non-hydrogen) atoms. The highest BCUT2D eigenvalue weighted by Crippen LogP contribution is 2.54. The van der Waals surface area contributed by atoms with Crippen molar-refractivity contribution >= 4 is 8.53 Å². The zero-order valence-electron chi connectivity index (χ0n) is 34.6. The number of nitriles is 1. The topological polar surface area (TPSA) is 137 Å². The van der Waals surface area contributed by atoms with E-state index in [4.69, 9.17) is 28.0 Å². The first-order valence-electron chi connectivity index (χ1n) is 19.5. The lowest BCUT2D eigenvalue weighted by atomic mass is 9.79. The number of nitrogens with zero attached hydrogens (tertiary/aromatic N) is 3. The molecule has 1 saturated heterocycles. The number of aryl methyl sites for hydroxylation is 1. The monoisotopic (exact) mass is 800 g/mol. The molecule has 1 aromatic heterocycles. The minimum Gasteiger partial charge on any atom is -0.497 e. The zero-order chi connectivity index (χ0) is 41.3. The van der Waals surface area contributed by atoms with E-state index in [1.165, 1.54) is 4.57 Å². The molecule has 4 atom stereocenters. The Bertz CT molecular complexity index is 1990. The molecule has 5 rings (SSSR count). The van der Waals surface area contributed by atoms with Crippen LogP contribution in [0.2, 0.25) is 0 Å². The van der Waals surface area contributed by atoms with E-state index in [1.54, 1.807) is 27.3 Å². The van der Waals surface area contributed by atoms with Gasteiger partial charge in [0, 0.05) is 30.3 Å². The Balaban J connectivity index is 1.72. The molecule has 1 unspecified atom stereocenters. The van der Waals surface area contributed by atoms with Gasteiger partial charge in [0.15, 0.2) is 0 Å². The van der Waals surface area contributed by atoms with E-state index in [2.05, 4.69) is 57.3 Å². The van der Waals surface area contributed by atoms with Crippen LogP contribution in [0.5, 0.6) is 11.5 Å². The maximum atomic E-state index is 13.5. The number of methoxy groups -OCH3 is 2. The summed E-state index contributed by atoms with van der Waals surface area (Å²) in [6, 6.07) is 28.0. The summed E-state index contributed by atoms with van der Waals surface area (Å²) in [7, 11) is 1.55. The average Bonchev–Trinajstić information content (AvgIpc) is 3.53. The third kappa shape index (κ3) is 9.86. The number of hydrogen-bond donors (Lipinski definition) is 1. The van der Waals surface area contributed by atoms with Gasteiger partial charge in [-0.15, -0.1) is 0 Å². The number of nitrogens with one attached hydrogen (secondary N) is 1. The Kier molecular flexibility index (Phi) is 14.9. The summed E-state index contributed by atoms with van der Waals surface area (Å²) in [5.41, 5.74) is -0.375. The van der Waals surface area contributed by atoms with Gasteiger partial charge in [0.1, 0.15) is 35.0 Å². The molecule has 2 heterocycles. The van der Waals surface area contributed by atoms with Crippen LogP contribution in [-0.4, -0.2) is 65.4 Å². The summed E-state index contributed by atoms with van der Waals surface area (Å²) >= 11 is 0. The maximum Gasteiger partial charge on any atom is 0.330 e. The third-order valence-electron chi connectivity index (χ3n) is 10.2. The van der Waals surface area contributed by atoms with E-state index in [9.17, 15) is 14.9 Å². The van der Waals surface area contributed by atoms with Crippen molar-refractivity contribution in [2.45, 2.75) is 103 Å². The summed E-state index contributed by atoms with van der Waals surface area (Å²) in [4.78, 5) is 28.4. The van der Waals surface area contributed by atoms with Gasteiger partial charge < -0.3 is 28.0 Å². The van der Waals surface area contributed by atoms with Crippen molar-refractivity contribution in [3.8, 4) is 17.6 Å². The van der Waals surface area contributed by atoms with Crippen molar-refractivity contribution in [2.24, 2.45) is 5.92 Å². The highest BCUT2D eigenvalue weighted by Gasteiger charge is 2.54. The summed E-state index contributed by atoms with van der Waals surface area (Å²) in [5, 5.41) is 9.43. The average molecular weight is 801 g/mol. The summed E-state index contributed by atoms with van der Waals surface area (Å²) in [6.07, 6.45) is 1.03. The van der Waals surface area contributed by atoms with E-state index in [1.807, 2.05) is 78.9 Å². The normalized spacial score (nSPS) is 19.0. The van der Waals surface area contributed by atoms with Crippen LogP contribution in [0, 0.1) is 24.2 Å². The number of benzene rings is 3. The predicted octanol–water partition coefficient (Wildman–Crippen LogP) is 8.24. The summed E-state index contributed by atoms with van der Waals surface area (Å²) in [5.74, 6) is 1.50. The molecular formula is C44H57N4O8P. The molecule has 4 aromatic rings. The molecule has 1 fully saturated rings. The van der Waals surface area contributed by atoms with Crippen molar-refractivity contribution in [2.75, 3.05) is 27.4 Å². The van der Waals surface area contributed by atoms with E-state index >= 15 is 0 Å². The van der Waals surface area contributed by atoms with Crippen LogP contribution in [0.1, 0.15) is 89.3 Å². The van der Waals surface area contributed by atoms with Crippen LogP contribution in [0.3, 0.4) is 0 Å². The molecule has 0 bridgehead atoms. The van der Waals surface area contributed by atoms with Crippen molar-refractivity contribution in [3.05, 3.63) is 128 Å². The number of aromatic nitrogens is 2. The summed E-state index contributed by atoms with van der Waals surface area (Å²) in [6.45, 7) is 14.5. The number of rotatable bonds is 19. The van der Waals surface area contributed by atoms with E-state index in [0.29, 0.717) is 23.5 Å². The minimum absolute atomic E-state index is 0.0289. The Morgan fingerprint density at radius 2 is 1.47 bits per heavy atom. The third-order valence-corrected chi connectivity index (χ3v) is 12.3. The van der Waals surface area contributed by atoms with Crippen LogP contribution in [0.4, 0.5) is 0 Å². The molecule has 1 aliphatic rings. The Labute approximate surface area is 337 Å². The molecular weight excluding hydrogens is 743 g/mol. The second-order valence-corrected chi connectivity index (χ2v) is 16.8. The molecule has 0 amide bonds. The number of H-pyrrole nitrogens is 1. The predicted molar refractivity (Wildman–Crippen MR) is 221 cm³/mol. The van der Waals surface area contributed by atoms with Crippen LogP contribution in [0.15, 0.2) is 94.6 Å². The first kappa shape index (κ1) is 43.8. The maximum absolute atomic E-state index is 13.5. The SMILES string of the molecule is COc1ccc(C(OC[C@@]2(CC(C)C)O[C@@H](n3cc(C)c(=O)[nH]c3=O)C[C@@H]2OP(OCCC#N)N(C(C)C)C(C)C)(c2ccccc2)c2ccc(OC)cc2)cc1. The van der Waals surface area contributed by atoms with Crippen molar-refractivity contribution < 1.29 is 28.0 Å². The smallest absolute Gasteiger partial charge is 0.330 e. The molecule has 0 radical (unpaired) electrons. The summed E-state index contributed by atoms with van der Waals surface area (Å²) < 4.78 is 43.1. The zero-order valence-corrected chi connectivity index (χ0v) is 35.5. The minimum atomic E-state index is -1.72. The molecule has 0 aliphatic carbocycles. The fourth-order valence-electron chi connectivity index (χ4n) is 7.67. The van der Waals surface area contributed by atoms with Crippen LogP contribution in [0.25, 0.3) is 0 Å². The molecule has 306 valence electrons. The fraction of sp³-hybridized carbons (Fsp3) is 0.477. The molecule has 13 heteroatoms. The van der Waals surface area contributed by atoms with Gasteiger partial charge in [-0.05, 0) is 87.9 Å². The molecule has 0 spiro atoms. The van der Waals surface area contributed by atoms with Gasteiger partial charge in [0.2, 0.25) is 0 Å². The quantitative estimate of drug-likeness (QED) is 0.0561. The lowest BCUT2D eigenvalue weighted by Crippen LogP contribution is -2.49. The fourth-order valence-corrected chi connectivity index (χ4v) is 9.47. The van der Waals surface area contributed by atoms with Gasteiger partial charge in [-0.1, -0.05) is 68.4 Å². The molecule has 1 aliphatic heterocycles. The van der Waals surface area contributed by atoms with Gasteiger partial charge in [0.25, 0.3) is 14.1 Å².